The second-order valence-corrected chi connectivity index (χ2v) is 8.40. The number of ether oxygens (including phenoxy) is 2. The normalized spacial score (nSPS) is 10.4. The third-order valence-electron chi connectivity index (χ3n) is 4.32. The number of hydrogen-bond acceptors (Lipinski definition) is 5. The van der Waals surface area contributed by atoms with Gasteiger partial charge in [0.05, 0.1) is 36.2 Å². The number of anilines is 2. The van der Waals surface area contributed by atoms with Gasteiger partial charge in [0, 0.05) is 21.7 Å². The lowest BCUT2D eigenvalue weighted by Gasteiger charge is -2.12. The SMILES string of the molecule is COc1ccc(NC(=O)CSc2cccc(NC(=O)c3ccc(Cl)cc3Cl)c2)c(OC)c1. The van der Waals surface area contributed by atoms with Crippen molar-refractivity contribution in [2.45, 2.75) is 4.90 Å². The molecule has 9 heteroatoms. The number of nitrogens with one attached hydrogen (secondary N) is 2. The molecule has 0 heterocycles. The number of thioether (sulfide) groups is 1. The van der Waals surface area contributed by atoms with Crippen molar-refractivity contribution in [2.75, 3.05) is 30.6 Å². The number of carbonyl (C=O) groups is 2. The number of rotatable bonds is 8. The van der Waals surface area contributed by atoms with Crippen molar-refractivity contribution in [1.29, 1.82) is 0 Å². The van der Waals surface area contributed by atoms with Crippen LogP contribution in [0.1, 0.15) is 10.4 Å². The molecule has 2 amide bonds. The van der Waals surface area contributed by atoms with Crippen LogP contribution in [-0.4, -0.2) is 31.8 Å². The van der Waals surface area contributed by atoms with Gasteiger partial charge in [0.1, 0.15) is 11.5 Å². The highest BCUT2D eigenvalue weighted by atomic mass is 35.5. The monoisotopic (exact) mass is 490 g/mol. The molecule has 0 radical (unpaired) electrons. The maximum absolute atomic E-state index is 12.5. The van der Waals surface area contributed by atoms with Gasteiger partial charge in [-0.05, 0) is 48.5 Å². The van der Waals surface area contributed by atoms with Crippen molar-refractivity contribution in [3.05, 3.63) is 76.3 Å². The number of carbonyl (C=O) groups excluding carboxylic acids is 2. The zero-order valence-electron chi connectivity index (χ0n) is 17.3. The zero-order chi connectivity index (χ0) is 23.1. The van der Waals surface area contributed by atoms with Gasteiger partial charge < -0.3 is 20.1 Å². The van der Waals surface area contributed by atoms with Crippen LogP contribution in [0.3, 0.4) is 0 Å². The summed E-state index contributed by atoms with van der Waals surface area (Å²) >= 11 is 13.3. The molecule has 32 heavy (non-hydrogen) atoms. The summed E-state index contributed by atoms with van der Waals surface area (Å²) in [5.41, 5.74) is 1.46. The lowest BCUT2D eigenvalue weighted by molar-refractivity contribution is -0.113. The van der Waals surface area contributed by atoms with Crippen LogP contribution in [0.4, 0.5) is 11.4 Å². The van der Waals surface area contributed by atoms with Gasteiger partial charge in [0.15, 0.2) is 0 Å². The summed E-state index contributed by atoms with van der Waals surface area (Å²) in [5, 5.41) is 6.35. The molecule has 0 aliphatic rings. The Morgan fingerprint density at radius 1 is 0.938 bits per heavy atom. The molecule has 0 fully saturated rings. The molecule has 0 spiro atoms. The maximum atomic E-state index is 12.5. The Labute approximate surface area is 200 Å². The maximum Gasteiger partial charge on any atom is 0.257 e. The van der Waals surface area contributed by atoms with Gasteiger partial charge >= 0.3 is 0 Å². The third-order valence-corrected chi connectivity index (χ3v) is 5.86. The van der Waals surface area contributed by atoms with E-state index >= 15 is 0 Å². The average molecular weight is 491 g/mol. The van der Waals surface area contributed by atoms with Crippen molar-refractivity contribution >= 4 is 58.2 Å². The van der Waals surface area contributed by atoms with E-state index in [9.17, 15) is 9.59 Å². The smallest absolute Gasteiger partial charge is 0.257 e. The zero-order valence-corrected chi connectivity index (χ0v) is 19.6. The van der Waals surface area contributed by atoms with E-state index in [2.05, 4.69) is 10.6 Å². The number of hydrogen-bond donors (Lipinski definition) is 2. The molecular formula is C23H20Cl2N2O4S. The standard InChI is InChI=1S/C23H20Cl2N2O4S/c1-30-16-7-9-20(21(12-16)31-2)27-22(28)13-32-17-5-3-4-15(11-17)26-23(29)18-8-6-14(24)10-19(18)25/h3-12H,13H2,1-2H3,(H,26,29)(H,27,28). The van der Waals surface area contributed by atoms with E-state index in [4.69, 9.17) is 32.7 Å². The van der Waals surface area contributed by atoms with Crippen molar-refractivity contribution in [3.8, 4) is 11.5 Å². The third kappa shape index (κ3) is 6.32. The lowest BCUT2D eigenvalue weighted by Crippen LogP contribution is -2.15. The molecule has 2 N–H and O–H groups in total. The second kappa shape index (κ2) is 11.1. The van der Waals surface area contributed by atoms with Crippen molar-refractivity contribution in [1.82, 2.24) is 0 Å². The van der Waals surface area contributed by atoms with Crippen LogP contribution in [-0.2, 0) is 4.79 Å². The molecule has 3 aromatic carbocycles. The first-order valence-electron chi connectivity index (χ1n) is 9.40. The van der Waals surface area contributed by atoms with Gasteiger partial charge in [-0.1, -0.05) is 29.3 Å². The molecule has 0 unspecified atom stereocenters. The minimum absolute atomic E-state index is 0.176. The van der Waals surface area contributed by atoms with Gasteiger partial charge in [-0.25, -0.2) is 0 Å². The van der Waals surface area contributed by atoms with Gasteiger partial charge in [-0.3, -0.25) is 9.59 Å². The average Bonchev–Trinajstić information content (AvgIpc) is 2.78. The van der Waals surface area contributed by atoms with E-state index in [0.717, 1.165) is 4.90 Å². The molecule has 0 aromatic heterocycles. The highest BCUT2D eigenvalue weighted by molar-refractivity contribution is 8.00. The molecule has 0 saturated carbocycles. The molecular weight excluding hydrogens is 471 g/mol. The van der Waals surface area contributed by atoms with Gasteiger partial charge in [-0.2, -0.15) is 0 Å². The fourth-order valence-corrected chi connectivity index (χ4v) is 4.02. The molecule has 3 aromatic rings. The molecule has 0 bridgehead atoms. The largest absolute Gasteiger partial charge is 0.497 e. The molecule has 3 rings (SSSR count). The highest BCUT2D eigenvalue weighted by Crippen LogP contribution is 2.30. The van der Waals surface area contributed by atoms with Gasteiger partial charge in [0.25, 0.3) is 5.91 Å². The minimum atomic E-state index is -0.349. The first-order chi connectivity index (χ1) is 15.4. The summed E-state index contributed by atoms with van der Waals surface area (Å²) in [6, 6.07) is 17.0. The summed E-state index contributed by atoms with van der Waals surface area (Å²) in [7, 11) is 3.08. The quantitative estimate of drug-likeness (QED) is 0.379. The van der Waals surface area contributed by atoms with E-state index in [-0.39, 0.29) is 22.6 Å². The first kappa shape index (κ1) is 23.8. The van der Waals surface area contributed by atoms with E-state index in [1.807, 2.05) is 6.07 Å². The lowest BCUT2D eigenvalue weighted by atomic mass is 10.2. The van der Waals surface area contributed by atoms with Crippen LogP contribution in [0, 0.1) is 0 Å². The van der Waals surface area contributed by atoms with Crippen LogP contribution in [0.2, 0.25) is 10.0 Å². The molecule has 0 atom stereocenters. The van der Waals surface area contributed by atoms with Crippen LogP contribution < -0.4 is 20.1 Å². The molecule has 0 aliphatic carbocycles. The first-order valence-corrected chi connectivity index (χ1v) is 11.1. The van der Waals surface area contributed by atoms with E-state index in [1.165, 1.54) is 24.9 Å². The topological polar surface area (TPSA) is 76.7 Å². The molecule has 6 nitrogen and oxygen atoms in total. The Bertz CT molecular complexity index is 1140. The summed E-state index contributed by atoms with van der Waals surface area (Å²) in [4.78, 5) is 25.7. The fourth-order valence-electron chi connectivity index (χ4n) is 2.77. The predicted octanol–water partition coefficient (Wildman–Crippen LogP) is 5.99. The fraction of sp³-hybridized carbons (Fsp3) is 0.130. The number of methoxy groups -OCH3 is 2. The van der Waals surface area contributed by atoms with Crippen LogP contribution in [0.25, 0.3) is 0 Å². The Hall–Kier alpha value is -2.87. The van der Waals surface area contributed by atoms with Crippen LogP contribution in [0.15, 0.2) is 65.6 Å². The highest BCUT2D eigenvalue weighted by Gasteiger charge is 2.12. The second-order valence-electron chi connectivity index (χ2n) is 6.51. The van der Waals surface area contributed by atoms with E-state index in [0.29, 0.717) is 33.5 Å². The van der Waals surface area contributed by atoms with Crippen molar-refractivity contribution in [2.24, 2.45) is 0 Å². The van der Waals surface area contributed by atoms with Crippen LogP contribution >= 0.6 is 35.0 Å². The number of amides is 2. The molecule has 0 saturated heterocycles. The van der Waals surface area contributed by atoms with Gasteiger partial charge in [0.2, 0.25) is 5.91 Å². The Morgan fingerprint density at radius 3 is 2.47 bits per heavy atom. The van der Waals surface area contributed by atoms with E-state index < -0.39 is 0 Å². The van der Waals surface area contributed by atoms with E-state index in [1.54, 1.807) is 55.6 Å². The van der Waals surface area contributed by atoms with Crippen molar-refractivity contribution in [3.63, 3.8) is 0 Å². The Kier molecular flexibility index (Phi) is 8.27. The summed E-state index contributed by atoms with van der Waals surface area (Å²) in [5.74, 6) is 0.774. The molecule has 166 valence electrons. The Balaban J connectivity index is 1.60. The minimum Gasteiger partial charge on any atom is -0.497 e. The van der Waals surface area contributed by atoms with Crippen molar-refractivity contribution < 1.29 is 19.1 Å². The van der Waals surface area contributed by atoms with Gasteiger partial charge in [-0.15, -0.1) is 11.8 Å². The molecule has 0 aliphatic heterocycles. The summed E-state index contributed by atoms with van der Waals surface area (Å²) in [6.07, 6.45) is 0. The summed E-state index contributed by atoms with van der Waals surface area (Å²) < 4.78 is 10.5. The number of benzene rings is 3. The van der Waals surface area contributed by atoms with Crippen LogP contribution in [0.5, 0.6) is 11.5 Å². The Morgan fingerprint density at radius 2 is 1.75 bits per heavy atom. The predicted molar refractivity (Wildman–Crippen MR) is 130 cm³/mol. The number of halogens is 2. The summed E-state index contributed by atoms with van der Waals surface area (Å²) in [6.45, 7) is 0.